The summed E-state index contributed by atoms with van der Waals surface area (Å²) >= 11 is 6.01. The minimum atomic E-state index is -0.366. The summed E-state index contributed by atoms with van der Waals surface area (Å²) < 4.78 is 5.24. The number of amides is 1. The van der Waals surface area contributed by atoms with Crippen LogP contribution in [0.3, 0.4) is 0 Å². The van der Waals surface area contributed by atoms with E-state index in [1.54, 1.807) is 30.3 Å². The highest BCUT2D eigenvalue weighted by Gasteiger charge is 2.14. The van der Waals surface area contributed by atoms with Gasteiger partial charge in [0.25, 0.3) is 5.91 Å². The lowest BCUT2D eigenvalue weighted by Gasteiger charge is -2.04. The van der Waals surface area contributed by atoms with Crippen LogP contribution in [0.5, 0.6) is 0 Å². The molecule has 3 rings (SSSR count). The van der Waals surface area contributed by atoms with E-state index in [9.17, 15) is 4.79 Å². The molecular formula is C17H13ClN2O2. The van der Waals surface area contributed by atoms with E-state index >= 15 is 0 Å². The van der Waals surface area contributed by atoms with Gasteiger partial charge in [0.05, 0.1) is 10.7 Å². The number of carbonyl (C=O) groups excluding carboxylic acids is 1. The van der Waals surface area contributed by atoms with E-state index in [0.29, 0.717) is 16.5 Å². The number of aryl methyl sites for hydroxylation is 1. The van der Waals surface area contributed by atoms with E-state index < -0.39 is 0 Å². The number of carbonyl (C=O) groups is 1. The van der Waals surface area contributed by atoms with Gasteiger partial charge >= 0.3 is 0 Å². The summed E-state index contributed by atoms with van der Waals surface area (Å²) in [4.78, 5) is 12.2. The van der Waals surface area contributed by atoms with Crippen molar-refractivity contribution < 1.29 is 9.32 Å². The van der Waals surface area contributed by atoms with Gasteiger partial charge in [-0.15, -0.1) is 0 Å². The third kappa shape index (κ3) is 3.02. The molecule has 4 nitrogen and oxygen atoms in total. The number of rotatable bonds is 3. The van der Waals surface area contributed by atoms with Crippen molar-refractivity contribution in [2.45, 2.75) is 6.92 Å². The zero-order chi connectivity index (χ0) is 15.5. The molecule has 0 bridgehead atoms. The molecule has 1 heterocycles. The first-order valence-electron chi connectivity index (χ1n) is 6.73. The molecule has 22 heavy (non-hydrogen) atoms. The first-order valence-corrected chi connectivity index (χ1v) is 7.11. The van der Waals surface area contributed by atoms with Gasteiger partial charge in [-0.1, -0.05) is 58.7 Å². The maximum atomic E-state index is 12.2. The van der Waals surface area contributed by atoms with Gasteiger partial charge in [-0.3, -0.25) is 4.79 Å². The summed E-state index contributed by atoms with van der Waals surface area (Å²) in [6, 6.07) is 16.4. The molecule has 0 unspecified atom stereocenters. The van der Waals surface area contributed by atoms with E-state index in [1.807, 2.05) is 31.2 Å². The maximum absolute atomic E-state index is 12.2. The highest BCUT2D eigenvalue weighted by Crippen LogP contribution is 2.23. The van der Waals surface area contributed by atoms with E-state index in [1.165, 1.54) is 0 Å². The standard InChI is InChI=1S/C17H13ClN2O2/c1-11-6-8-12(9-7-11)16-10-15(20-22-16)17(21)19-14-5-3-2-4-13(14)18/h2-10H,1H3,(H,19,21). The van der Waals surface area contributed by atoms with Crippen LogP contribution in [-0.4, -0.2) is 11.1 Å². The van der Waals surface area contributed by atoms with Gasteiger partial charge in [-0.25, -0.2) is 0 Å². The van der Waals surface area contributed by atoms with Crippen molar-refractivity contribution in [3.05, 3.63) is 70.9 Å². The summed E-state index contributed by atoms with van der Waals surface area (Å²) in [7, 11) is 0. The zero-order valence-electron chi connectivity index (χ0n) is 11.8. The molecule has 0 radical (unpaired) electrons. The van der Waals surface area contributed by atoms with Gasteiger partial charge in [0.2, 0.25) is 0 Å². The Labute approximate surface area is 132 Å². The molecule has 0 saturated heterocycles. The van der Waals surface area contributed by atoms with Gasteiger partial charge in [-0.05, 0) is 19.1 Å². The van der Waals surface area contributed by atoms with Gasteiger partial charge in [0.1, 0.15) is 0 Å². The summed E-state index contributed by atoms with van der Waals surface area (Å²) in [5.41, 5.74) is 2.76. The van der Waals surface area contributed by atoms with E-state index in [-0.39, 0.29) is 11.6 Å². The predicted octanol–water partition coefficient (Wildman–Crippen LogP) is 4.56. The fourth-order valence-corrected chi connectivity index (χ4v) is 2.17. The predicted molar refractivity (Wildman–Crippen MR) is 86.1 cm³/mol. The average molecular weight is 313 g/mol. The molecule has 2 aromatic carbocycles. The first kappa shape index (κ1) is 14.4. The molecule has 0 spiro atoms. The Hall–Kier alpha value is -2.59. The minimum Gasteiger partial charge on any atom is -0.355 e. The molecule has 0 atom stereocenters. The quantitative estimate of drug-likeness (QED) is 0.771. The normalized spacial score (nSPS) is 10.5. The van der Waals surface area contributed by atoms with Crippen molar-refractivity contribution in [3.63, 3.8) is 0 Å². The number of hydrogen-bond acceptors (Lipinski definition) is 3. The van der Waals surface area contributed by atoms with Crippen LogP contribution in [0, 0.1) is 6.92 Å². The van der Waals surface area contributed by atoms with Crippen molar-refractivity contribution >= 4 is 23.2 Å². The number of anilines is 1. The summed E-state index contributed by atoms with van der Waals surface area (Å²) in [6.07, 6.45) is 0. The highest BCUT2D eigenvalue weighted by molar-refractivity contribution is 6.33. The summed E-state index contributed by atoms with van der Waals surface area (Å²) in [5.74, 6) is 0.180. The van der Waals surface area contributed by atoms with Gasteiger partial charge in [0, 0.05) is 11.6 Å². The lowest BCUT2D eigenvalue weighted by molar-refractivity contribution is 0.101. The molecule has 0 aliphatic heterocycles. The Balaban J connectivity index is 1.80. The second-order valence-corrected chi connectivity index (χ2v) is 5.28. The monoisotopic (exact) mass is 312 g/mol. The van der Waals surface area contributed by atoms with Crippen molar-refractivity contribution in [2.75, 3.05) is 5.32 Å². The number of nitrogens with zero attached hydrogens (tertiary/aromatic N) is 1. The maximum Gasteiger partial charge on any atom is 0.277 e. The Morgan fingerprint density at radius 1 is 1.14 bits per heavy atom. The molecule has 0 saturated carbocycles. The smallest absolute Gasteiger partial charge is 0.277 e. The Kier molecular flexibility index (Phi) is 3.94. The molecular weight excluding hydrogens is 300 g/mol. The lowest BCUT2D eigenvalue weighted by Crippen LogP contribution is -2.12. The van der Waals surface area contributed by atoms with E-state index in [2.05, 4.69) is 10.5 Å². The second kappa shape index (κ2) is 6.03. The van der Waals surface area contributed by atoms with Crippen LogP contribution < -0.4 is 5.32 Å². The zero-order valence-corrected chi connectivity index (χ0v) is 12.6. The third-order valence-corrected chi connectivity index (χ3v) is 3.53. The van der Waals surface area contributed by atoms with Gasteiger partial charge in [0.15, 0.2) is 11.5 Å². The number of para-hydroxylation sites is 1. The number of halogens is 1. The first-order chi connectivity index (χ1) is 10.6. The highest BCUT2D eigenvalue weighted by atomic mass is 35.5. The van der Waals surface area contributed by atoms with E-state index in [4.69, 9.17) is 16.1 Å². The van der Waals surface area contributed by atoms with Crippen LogP contribution >= 0.6 is 11.6 Å². The lowest BCUT2D eigenvalue weighted by atomic mass is 10.1. The molecule has 110 valence electrons. The third-order valence-electron chi connectivity index (χ3n) is 3.20. The molecule has 5 heteroatoms. The topological polar surface area (TPSA) is 55.1 Å². The van der Waals surface area contributed by atoms with Crippen LogP contribution in [0.2, 0.25) is 5.02 Å². The molecule has 3 aromatic rings. The molecule has 1 amide bonds. The van der Waals surface area contributed by atoms with Crippen LogP contribution in [0.25, 0.3) is 11.3 Å². The Bertz CT molecular complexity index is 810. The van der Waals surface area contributed by atoms with Crippen molar-refractivity contribution in [1.82, 2.24) is 5.16 Å². The largest absolute Gasteiger partial charge is 0.355 e. The average Bonchev–Trinajstić information content (AvgIpc) is 3.00. The fourth-order valence-electron chi connectivity index (χ4n) is 1.99. The number of benzene rings is 2. The number of hydrogen-bond donors (Lipinski definition) is 1. The second-order valence-electron chi connectivity index (χ2n) is 4.88. The summed E-state index contributed by atoms with van der Waals surface area (Å²) in [5, 5.41) is 6.99. The molecule has 0 aliphatic rings. The Morgan fingerprint density at radius 3 is 2.59 bits per heavy atom. The van der Waals surface area contributed by atoms with Crippen LogP contribution in [0.1, 0.15) is 16.1 Å². The SMILES string of the molecule is Cc1ccc(-c2cc(C(=O)Nc3ccccc3Cl)no2)cc1. The van der Waals surface area contributed by atoms with Crippen molar-refractivity contribution in [2.24, 2.45) is 0 Å². The number of aromatic nitrogens is 1. The molecule has 0 aliphatic carbocycles. The molecule has 1 N–H and O–H groups in total. The van der Waals surface area contributed by atoms with E-state index in [0.717, 1.165) is 11.1 Å². The van der Waals surface area contributed by atoms with Crippen molar-refractivity contribution in [3.8, 4) is 11.3 Å². The minimum absolute atomic E-state index is 0.204. The van der Waals surface area contributed by atoms with Crippen LogP contribution in [0.4, 0.5) is 5.69 Å². The molecule has 0 fully saturated rings. The van der Waals surface area contributed by atoms with Crippen LogP contribution in [-0.2, 0) is 0 Å². The molecule has 1 aromatic heterocycles. The van der Waals surface area contributed by atoms with Crippen molar-refractivity contribution in [1.29, 1.82) is 0 Å². The fraction of sp³-hybridized carbons (Fsp3) is 0.0588. The van der Waals surface area contributed by atoms with Crippen LogP contribution in [0.15, 0.2) is 59.1 Å². The van der Waals surface area contributed by atoms with Gasteiger partial charge < -0.3 is 9.84 Å². The van der Waals surface area contributed by atoms with Gasteiger partial charge in [-0.2, -0.15) is 0 Å². The Morgan fingerprint density at radius 2 is 1.86 bits per heavy atom. The number of nitrogens with one attached hydrogen (secondary N) is 1. The summed E-state index contributed by atoms with van der Waals surface area (Å²) in [6.45, 7) is 2.01.